The van der Waals surface area contributed by atoms with E-state index in [0.29, 0.717) is 21.6 Å². The van der Waals surface area contributed by atoms with Gasteiger partial charge in [-0.15, -0.1) is 0 Å². The van der Waals surface area contributed by atoms with Crippen molar-refractivity contribution in [2.45, 2.75) is 13.3 Å². The average molecular weight is 311 g/mol. The second-order valence-corrected chi connectivity index (χ2v) is 5.58. The van der Waals surface area contributed by atoms with Crippen LogP contribution in [0.15, 0.2) is 27.7 Å². The number of amides is 1. The number of ether oxygens (including phenoxy) is 1. The van der Waals surface area contributed by atoms with Crippen LogP contribution >= 0.6 is 24.0 Å². The van der Waals surface area contributed by atoms with Crippen molar-refractivity contribution >= 4 is 46.3 Å². The summed E-state index contributed by atoms with van der Waals surface area (Å²) in [6.07, 6.45) is 3.31. The molecule has 0 atom stereocenters. The molecule has 0 spiro atoms. The molecule has 0 aliphatic carbocycles. The van der Waals surface area contributed by atoms with Crippen LogP contribution in [0.4, 0.5) is 0 Å². The zero-order valence-corrected chi connectivity index (χ0v) is 12.5. The molecule has 106 valence electrons. The topological polar surface area (TPSA) is 59.8 Å². The van der Waals surface area contributed by atoms with E-state index >= 15 is 0 Å². The quantitative estimate of drug-likeness (QED) is 0.473. The fraction of sp³-hybridized carbons (Fsp3) is 0.308. The minimum atomic E-state index is -0.337. The number of nitrogens with zero attached hydrogens (tertiary/aromatic N) is 1. The zero-order valence-electron chi connectivity index (χ0n) is 10.8. The Morgan fingerprint density at radius 3 is 3.05 bits per heavy atom. The number of hydrogen-bond acceptors (Lipinski definition) is 6. The molecular weight excluding hydrogens is 298 g/mol. The largest absolute Gasteiger partial charge is 0.466 e. The second-order valence-electron chi connectivity index (χ2n) is 3.90. The highest BCUT2D eigenvalue weighted by atomic mass is 32.2. The van der Waals surface area contributed by atoms with Gasteiger partial charge in [0.15, 0.2) is 0 Å². The Hall–Kier alpha value is -1.60. The third-order valence-electron chi connectivity index (χ3n) is 2.53. The molecule has 1 fully saturated rings. The third kappa shape index (κ3) is 3.49. The molecule has 0 N–H and O–H groups in total. The molecule has 0 radical (unpaired) electrons. The lowest BCUT2D eigenvalue weighted by molar-refractivity contribution is -0.143. The lowest BCUT2D eigenvalue weighted by atomic mass is 10.3. The third-order valence-corrected chi connectivity index (χ3v) is 3.91. The van der Waals surface area contributed by atoms with Gasteiger partial charge in [-0.1, -0.05) is 24.0 Å². The number of furan rings is 1. The van der Waals surface area contributed by atoms with Crippen LogP contribution in [0, 0.1) is 0 Å². The van der Waals surface area contributed by atoms with E-state index in [0.717, 1.165) is 0 Å². The van der Waals surface area contributed by atoms with Gasteiger partial charge in [0.2, 0.25) is 0 Å². The Kier molecular flexibility index (Phi) is 4.97. The van der Waals surface area contributed by atoms with Crippen molar-refractivity contribution in [1.29, 1.82) is 0 Å². The molecule has 0 aromatic carbocycles. The molecule has 20 heavy (non-hydrogen) atoms. The van der Waals surface area contributed by atoms with Crippen molar-refractivity contribution in [3.05, 3.63) is 29.1 Å². The molecule has 2 heterocycles. The van der Waals surface area contributed by atoms with Crippen molar-refractivity contribution in [1.82, 2.24) is 4.90 Å². The minimum absolute atomic E-state index is 0.133. The maximum Gasteiger partial charge on any atom is 0.307 e. The Bertz CT molecular complexity index is 551. The van der Waals surface area contributed by atoms with Gasteiger partial charge in [-0.3, -0.25) is 14.5 Å². The van der Waals surface area contributed by atoms with Gasteiger partial charge in [0.25, 0.3) is 5.91 Å². The second kappa shape index (κ2) is 6.71. The summed E-state index contributed by atoms with van der Waals surface area (Å²) in [4.78, 5) is 25.4. The lowest BCUT2D eigenvalue weighted by Crippen LogP contribution is -2.30. The van der Waals surface area contributed by atoms with Crippen LogP contribution in [0.25, 0.3) is 6.08 Å². The van der Waals surface area contributed by atoms with Gasteiger partial charge in [-0.2, -0.15) is 0 Å². The van der Waals surface area contributed by atoms with Crippen LogP contribution in [-0.2, 0) is 14.3 Å². The van der Waals surface area contributed by atoms with E-state index in [2.05, 4.69) is 0 Å². The molecule has 1 aliphatic rings. The normalized spacial score (nSPS) is 17.1. The summed E-state index contributed by atoms with van der Waals surface area (Å²) in [6.45, 7) is 2.30. The summed E-state index contributed by atoms with van der Waals surface area (Å²) < 4.78 is 10.4. The van der Waals surface area contributed by atoms with Gasteiger partial charge in [0.1, 0.15) is 10.1 Å². The van der Waals surface area contributed by atoms with E-state index in [-0.39, 0.29) is 24.8 Å². The number of carbonyl (C=O) groups excluding carboxylic acids is 2. The Balaban J connectivity index is 2.00. The van der Waals surface area contributed by atoms with Crippen molar-refractivity contribution in [2.24, 2.45) is 0 Å². The Morgan fingerprint density at radius 2 is 2.40 bits per heavy atom. The Morgan fingerprint density at radius 1 is 1.60 bits per heavy atom. The van der Waals surface area contributed by atoms with E-state index in [1.165, 1.54) is 22.9 Å². The molecule has 1 amide bonds. The molecule has 0 bridgehead atoms. The Labute approximate surface area is 125 Å². The molecule has 7 heteroatoms. The first-order valence-electron chi connectivity index (χ1n) is 6.06. The summed E-state index contributed by atoms with van der Waals surface area (Å²) in [5.74, 6) is 0.0492. The fourth-order valence-electron chi connectivity index (χ4n) is 1.63. The molecule has 2 rings (SSSR count). The van der Waals surface area contributed by atoms with Crippen LogP contribution in [0.2, 0.25) is 0 Å². The molecule has 1 saturated heterocycles. The molecule has 1 aromatic rings. The SMILES string of the molecule is CCOC(=O)CCN1C(=O)/C(=C\c2ccco2)SC1=S. The number of thioether (sulfide) groups is 1. The first-order valence-corrected chi connectivity index (χ1v) is 7.28. The minimum Gasteiger partial charge on any atom is -0.466 e. The molecule has 5 nitrogen and oxygen atoms in total. The zero-order chi connectivity index (χ0) is 14.5. The van der Waals surface area contributed by atoms with Gasteiger partial charge in [-0.25, -0.2) is 0 Å². The van der Waals surface area contributed by atoms with Crippen molar-refractivity contribution in [3.63, 3.8) is 0 Å². The predicted octanol–water partition coefficient (Wildman–Crippen LogP) is 2.43. The maximum absolute atomic E-state index is 12.2. The molecule has 1 aromatic heterocycles. The average Bonchev–Trinajstić information content (AvgIpc) is 2.99. The van der Waals surface area contributed by atoms with E-state index in [9.17, 15) is 9.59 Å². The highest BCUT2D eigenvalue weighted by Crippen LogP contribution is 2.32. The van der Waals surface area contributed by atoms with Gasteiger partial charge in [-0.05, 0) is 19.1 Å². The summed E-state index contributed by atoms with van der Waals surface area (Å²) in [5.41, 5.74) is 0. The summed E-state index contributed by atoms with van der Waals surface area (Å²) >= 11 is 6.35. The highest BCUT2D eigenvalue weighted by Gasteiger charge is 2.32. The highest BCUT2D eigenvalue weighted by molar-refractivity contribution is 8.26. The fourth-order valence-corrected chi connectivity index (χ4v) is 2.92. The van der Waals surface area contributed by atoms with Crippen molar-refractivity contribution in [3.8, 4) is 0 Å². The number of hydrogen-bond donors (Lipinski definition) is 0. The monoisotopic (exact) mass is 311 g/mol. The van der Waals surface area contributed by atoms with Gasteiger partial charge >= 0.3 is 5.97 Å². The van der Waals surface area contributed by atoms with Gasteiger partial charge < -0.3 is 9.15 Å². The number of rotatable bonds is 5. The van der Waals surface area contributed by atoms with Gasteiger partial charge in [0.05, 0.1) is 24.2 Å². The maximum atomic E-state index is 12.2. The predicted molar refractivity (Wildman–Crippen MR) is 79.8 cm³/mol. The molecular formula is C13H13NO4S2. The van der Waals surface area contributed by atoms with E-state index in [1.54, 1.807) is 25.1 Å². The smallest absolute Gasteiger partial charge is 0.307 e. The standard InChI is InChI=1S/C13H13NO4S2/c1-2-17-11(15)5-6-14-12(16)10(20-13(14)19)8-9-4-3-7-18-9/h3-4,7-8H,2,5-6H2,1H3/b10-8+. The van der Waals surface area contributed by atoms with Crippen molar-refractivity contribution in [2.75, 3.05) is 13.2 Å². The summed E-state index contributed by atoms with van der Waals surface area (Å²) in [5, 5.41) is 0. The molecule has 0 saturated carbocycles. The lowest BCUT2D eigenvalue weighted by Gasteiger charge is -2.13. The number of carbonyl (C=O) groups is 2. The number of thiocarbonyl (C=S) groups is 1. The van der Waals surface area contributed by atoms with E-state index in [1.807, 2.05) is 0 Å². The van der Waals surface area contributed by atoms with Crippen LogP contribution in [-0.4, -0.2) is 34.2 Å². The van der Waals surface area contributed by atoms with E-state index < -0.39 is 0 Å². The molecule has 1 aliphatic heterocycles. The number of esters is 1. The van der Waals surface area contributed by atoms with Crippen LogP contribution < -0.4 is 0 Å². The first-order chi connectivity index (χ1) is 9.61. The van der Waals surface area contributed by atoms with Crippen LogP contribution in [0.1, 0.15) is 19.1 Å². The van der Waals surface area contributed by atoms with E-state index in [4.69, 9.17) is 21.4 Å². The van der Waals surface area contributed by atoms with Crippen LogP contribution in [0.5, 0.6) is 0 Å². The van der Waals surface area contributed by atoms with Crippen molar-refractivity contribution < 1.29 is 18.7 Å². The summed E-state index contributed by atoms with van der Waals surface area (Å²) in [6, 6.07) is 3.50. The van der Waals surface area contributed by atoms with Gasteiger partial charge in [0, 0.05) is 12.6 Å². The molecule has 0 unspecified atom stereocenters. The summed E-state index contributed by atoms with van der Waals surface area (Å²) in [7, 11) is 0. The first kappa shape index (κ1) is 14.8. The van der Waals surface area contributed by atoms with Crippen LogP contribution in [0.3, 0.4) is 0 Å².